The van der Waals surface area contributed by atoms with Crippen LogP contribution in [0.15, 0.2) is 17.5 Å². The van der Waals surface area contributed by atoms with Gasteiger partial charge in [0.1, 0.15) is 0 Å². The number of carbonyl (C=O) groups excluding carboxylic acids is 3. The highest BCUT2D eigenvalue weighted by Crippen LogP contribution is 2.23. The Morgan fingerprint density at radius 1 is 1.31 bits per heavy atom. The van der Waals surface area contributed by atoms with Crippen molar-refractivity contribution in [1.82, 2.24) is 9.80 Å². The summed E-state index contributed by atoms with van der Waals surface area (Å²) in [6, 6.07) is 3.71. The molecule has 0 atom stereocenters. The normalized spacial score (nSPS) is 15.2. The predicted octanol–water partition coefficient (Wildman–Crippen LogP) is 2.65. The van der Waals surface area contributed by atoms with Crippen molar-refractivity contribution in [3.63, 3.8) is 0 Å². The van der Waals surface area contributed by atoms with Crippen molar-refractivity contribution >= 4 is 29.1 Å². The Balaban J connectivity index is 1.91. The maximum absolute atomic E-state index is 12.9. The van der Waals surface area contributed by atoms with Gasteiger partial charge in [-0.3, -0.25) is 14.4 Å². The summed E-state index contributed by atoms with van der Waals surface area (Å²) in [6.07, 6.45) is 1.55. The molecule has 1 aromatic rings. The van der Waals surface area contributed by atoms with Crippen LogP contribution >= 0.6 is 11.3 Å². The van der Waals surface area contributed by atoms with Crippen molar-refractivity contribution < 1.29 is 19.1 Å². The molecule has 26 heavy (non-hydrogen) atoms. The smallest absolute Gasteiger partial charge is 0.307 e. The lowest BCUT2D eigenvalue weighted by Gasteiger charge is -2.34. The summed E-state index contributed by atoms with van der Waals surface area (Å²) < 4.78 is 4.69. The fourth-order valence-electron chi connectivity index (χ4n) is 3.20. The summed E-state index contributed by atoms with van der Waals surface area (Å²) >= 11 is 1.44. The van der Waals surface area contributed by atoms with Gasteiger partial charge in [0.15, 0.2) is 0 Å². The van der Waals surface area contributed by atoms with E-state index in [4.69, 9.17) is 0 Å². The van der Waals surface area contributed by atoms with E-state index < -0.39 is 0 Å². The summed E-state index contributed by atoms with van der Waals surface area (Å²) in [6.45, 7) is 6.32. The van der Waals surface area contributed by atoms with Gasteiger partial charge in [0.2, 0.25) is 5.91 Å². The Hall–Kier alpha value is -1.89. The van der Waals surface area contributed by atoms with Crippen LogP contribution in [0.1, 0.15) is 42.8 Å². The molecular weight excluding hydrogens is 352 g/mol. The number of methoxy groups -OCH3 is 1. The molecule has 0 saturated carbocycles. The second-order valence-corrected chi connectivity index (χ2v) is 8.00. The monoisotopic (exact) mass is 380 g/mol. The van der Waals surface area contributed by atoms with E-state index in [1.807, 2.05) is 22.4 Å². The molecule has 2 amide bonds. The highest BCUT2D eigenvalue weighted by atomic mass is 32.1. The molecular formula is C19H28N2O4S. The Morgan fingerprint density at radius 2 is 2.00 bits per heavy atom. The second-order valence-electron chi connectivity index (χ2n) is 7.05. The van der Waals surface area contributed by atoms with E-state index in [-0.39, 0.29) is 30.1 Å². The van der Waals surface area contributed by atoms with Crippen LogP contribution in [0.2, 0.25) is 0 Å². The first-order chi connectivity index (χ1) is 12.4. The van der Waals surface area contributed by atoms with Crippen LogP contribution in [-0.4, -0.2) is 60.9 Å². The minimum Gasteiger partial charge on any atom is -0.469 e. The largest absolute Gasteiger partial charge is 0.469 e. The summed E-state index contributed by atoms with van der Waals surface area (Å²) in [5.41, 5.74) is 0. The molecule has 1 saturated heterocycles. The van der Waals surface area contributed by atoms with E-state index in [0.29, 0.717) is 44.9 Å². The first kappa shape index (κ1) is 20.4. The van der Waals surface area contributed by atoms with Gasteiger partial charge in [-0.2, -0.15) is 0 Å². The molecule has 1 fully saturated rings. The molecule has 0 unspecified atom stereocenters. The molecule has 6 nitrogen and oxygen atoms in total. The quantitative estimate of drug-likeness (QED) is 0.682. The highest BCUT2D eigenvalue weighted by Gasteiger charge is 2.31. The lowest BCUT2D eigenvalue weighted by molar-refractivity contribution is -0.143. The van der Waals surface area contributed by atoms with Gasteiger partial charge in [0, 0.05) is 32.1 Å². The van der Waals surface area contributed by atoms with Gasteiger partial charge in [-0.1, -0.05) is 19.9 Å². The van der Waals surface area contributed by atoms with Crippen LogP contribution in [0.4, 0.5) is 0 Å². The Kier molecular flexibility index (Phi) is 7.63. The average molecular weight is 381 g/mol. The van der Waals surface area contributed by atoms with Crippen molar-refractivity contribution in [2.75, 3.05) is 33.3 Å². The zero-order valence-corrected chi connectivity index (χ0v) is 16.6. The van der Waals surface area contributed by atoms with E-state index in [1.54, 1.807) is 4.90 Å². The molecule has 2 heterocycles. The maximum Gasteiger partial charge on any atom is 0.307 e. The lowest BCUT2D eigenvalue weighted by Crippen LogP contribution is -2.45. The van der Waals surface area contributed by atoms with Crippen LogP contribution in [0, 0.1) is 11.8 Å². The number of ether oxygens (including phenoxy) is 1. The van der Waals surface area contributed by atoms with Crippen LogP contribution in [0.3, 0.4) is 0 Å². The number of likely N-dealkylation sites (tertiary alicyclic amines) is 1. The number of amides is 2. The highest BCUT2D eigenvalue weighted by molar-refractivity contribution is 7.12. The summed E-state index contributed by atoms with van der Waals surface area (Å²) in [4.78, 5) is 41.1. The van der Waals surface area contributed by atoms with Crippen LogP contribution < -0.4 is 0 Å². The molecule has 1 aromatic heterocycles. The third-order valence-corrected chi connectivity index (χ3v) is 5.43. The van der Waals surface area contributed by atoms with Gasteiger partial charge in [0.05, 0.1) is 18.4 Å². The van der Waals surface area contributed by atoms with E-state index in [1.165, 1.54) is 18.4 Å². The summed E-state index contributed by atoms with van der Waals surface area (Å²) in [5.74, 6) is 0.0836. The number of carbonyl (C=O) groups is 3. The number of piperidine rings is 1. The fourth-order valence-corrected chi connectivity index (χ4v) is 3.90. The number of hydrogen-bond donors (Lipinski definition) is 0. The zero-order valence-electron chi connectivity index (χ0n) is 15.8. The molecule has 0 aliphatic carbocycles. The van der Waals surface area contributed by atoms with Crippen molar-refractivity contribution in [2.45, 2.75) is 33.1 Å². The van der Waals surface area contributed by atoms with Crippen molar-refractivity contribution in [2.24, 2.45) is 11.8 Å². The van der Waals surface area contributed by atoms with Crippen molar-refractivity contribution in [3.05, 3.63) is 22.4 Å². The minimum atomic E-state index is -0.303. The molecule has 1 aliphatic heterocycles. The van der Waals surface area contributed by atoms with Gasteiger partial charge < -0.3 is 14.5 Å². The second kappa shape index (κ2) is 9.71. The maximum atomic E-state index is 12.9. The number of rotatable bonds is 7. The number of esters is 1. The van der Waals surface area contributed by atoms with E-state index in [0.717, 1.165) is 4.88 Å². The molecule has 144 valence electrons. The number of thiophene rings is 1. The number of nitrogens with zero attached hydrogens (tertiary/aromatic N) is 2. The summed E-state index contributed by atoms with van der Waals surface area (Å²) in [7, 11) is 1.36. The Labute approximate surface area is 159 Å². The van der Waals surface area contributed by atoms with Gasteiger partial charge in [-0.15, -0.1) is 11.3 Å². The molecule has 0 N–H and O–H groups in total. The van der Waals surface area contributed by atoms with Crippen LogP contribution in [0.5, 0.6) is 0 Å². The summed E-state index contributed by atoms with van der Waals surface area (Å²) in [5, 5.41) is 1.90. The third-order valence-electron chi connectivity index (χ3n) is 4.57. The van der Waals surface area contributed by atoms with E-state index in [2.05, 4.69) is 18.6 Å². The van der Waals surface area contributed by atoms with Crippen LogP contribution in [-0.2, 0) is 14.3 Å². The van der Waals surface area contributed by atoms with Crippen molar-refractivity contribution in [1.29, 1.82) is 0 Å². The first-order valence-corrected chi connectivity index (χ1v) is 9.98. The molecule has 0 radical (unpaired) electrons. The van der Waals surface area contributed by atoms with E-state index >= 15 is 0 Å². The lowest BCUT2D eigenvalue weighted by atomic mass is 9.94. The Morgan fingerprint density at radius 3 is 2.54 bits per heavy atom. The molecule has 7 heteroatoms. The third kappa shape index (κ3) is 5.56. The SMILES string of the molecule is COC(=O)CCN(CC(C)C)C(=O)C1CCN(C(=O)c2cccs2)CC1. The van der Waals surface area contributed by atoms with Gasteiger partial charge in [-0.25, -0.2) is 0 Å². The van der Waals surface area contributed by atoms with E-state index in [9.17, 15) is 14.4 Å². The fraction of sp³-hybridized carbons (Fsp3) is 0.632. The molecule has 2 rings (SSSR count). The average Bonchev–Trinajstić information content (AvgIpc) is 3.18. The molecule has 0 spiro atoms. The molecule has 0 bridgehead atoms. The Bertz CT molecular complexity index is 607. The number of hydrogen-bond acceptors (Lipinski definition) is 5. The van der Waals surface area contributed by atoms with Gasteiger partial charge in [0.25, 0.3) is 5.91 Å². The van der Waals surface area contributed by atoms with Gasteiger partial charge >= 0.3 is 5.97 Å². The minimum absolute atomic E-state index is 0.0515. The van der Waals surface area contributed by atoms with Gasteiger partial charge in [-0.05, 0) is 30.2 Å². The molecule has 0 aromatic carbocycles. The first-order valence-electron chi connectivity index (χ1n) is 9.10. The zero-order chi connectivity index (χ0) is 19.1. The topological polar surface area (TPSA) is 66.9 Å². The molecule has 1 aliphatic rings. The van der Waals surface area contributed by atoms with Crippen molar-refractivity contribution in [3.8, 4) is 0 Å². The van der Waals surface area contributed by atoms with Crippen LogP contribution in [0.25, 0.3) is 0 Å². The standard InChI is InChI=1S/C19H28N2O4S/c1-14(2)13-21(11-8-17(22)25-3)18(23)15-6-9-20(10-7-15)19(24)16-5-4-12-26-16/h4-5,12,14-15H,6-11,13H2,1-3H3. The predicted molar refractivity (Wildman–Crippen MR) is 101 cm³/mol.